The van der Waals surface area contributed by atoms with Gasteiger partial charge in [-0.3, -0.25) is 19.4 Å². The maximum Gasteiger partial charge on any atom is 0.416 e. The number of amides is 3. The molecule has 3 heterocycles. The molecule has 2 aromatic heterocycles. The molecule has 35 heavy (non-hydrogen) atoms. The summed E-state index contributed by atoms with van der Waals surface area (Å²) in [4.78, 5) is 45.6. The van der Waals surface area contributed by atoms with Gasteiger partial charge < -0.3 is 20.5 Å². The lowest BCUT2D eigenvalue weighted by Crippen LogP contribution is -2.37. The maximum atomic E-state index is 13.7. The number of rotatable bonds is 5. The number of nitrogens with zero attached hydrogens (tertiary/aromatic N) is 3. The fourth-order valence-electron chi connectivity index (χ4n) is 3.53. The smallest absolute Gasteiger partial charge is 0.349 e. The molecule has 3 aromatic rings. The molecule has 182 valence electrons. The molecule has 4 rings (SSSR count). The van der Waals surface area contributed by atoms with Gasteiger partial charge in [0.05, 0.1) is 23.8 Å². The van der Waals surface area contributed by atoms with Crippen molar-refractivity contribution in [1.82, 2.24) is 25.2 Å². The fourth-order valence-corrected chi connectivity index (χ4v) is 3.53. The van der Waals surface area contributed by atoms with Gasteiger partial charge in [0, 0.05) is 18.0 Å². The van der Waals surface area contributed by atoms with E-state index in [1.807, 2.05) is 0 Å². The first kappa shape index (κ1) is 23.9. The van der Waals surface area contributed by atoms with Gasteiger partial charge in [-0.25, -0.2) is 9.37 Å². The molecule has 13 heteroatoms. The Morgan fingerprint density at radius 2 is 1.97 bits per heavy atom. The van der Waals surface area contributed by atoms with Crippen molar-refractivity contribution in [3.05, 3.63) is 76.8 Å². The standard InChI is InChI=1S/C22H18F4N6O3/c1-11(12-3-2-4-27-8-12)29-21(35)19-30-18(16-9-28-17(33)10-32(16)19)31-20(34)13-5-14(22(24,25)26)7-15(23)6-13/h2-8,11H,9-10H2,1H3,(H,28,33)(H,29,35)(H,31,34). The molecule has 3 amide bonds. The van der Waals surface area contributed by atoms with Crippen LogP contribution in [0.3, 0.4) is 0 Å². The van der Waals surface area contributed by atoms with E-state index in [1.54, 1.807) is 31.5 Å². The molecule has 1 aliphatic heterocycles. The number of benzene rings is 1. The second-order valence-electron chi connectivity index (χ2n) is 7.76. The highest BCUT2D eigenvalue weighted by Gasteiger charge is 2.33. The number of nitrogens with one attached hydrogen (secondary N) is 3. The summed E-state index contributed by atoms with van der Waals surface area (Å²) >= 11 is 0. The Morgan fingerprint density at radius 1 is 1.20 bits per heavy atom. The van der Waals surface area contributed by atoms with Crippen LogP contribution >= 0.6 is 0 Å². The van der Waals surface area contributed by atoms with Crippen molar-refractivity contribution in [2.45, 2.75) is 32.2 Å². The third-order valence-electron chi connectivity index (χ3n) is 5.28. The molecule has 1 aromatic carbocycles. The van der Waals surface area contributed by atoms with Gasteiger partial charge in [-0.1, -0.05) is 6.07 Å². The van der Waals surface area contributed by atoms with Gasteiger partial charge in [-0.05, 0) is 36.8 Å². The van der Waals surface area contributed by atoms with Crippen LogP contribution in [-0.4, -0.2) is 32.3 Å². The summed E-state index contributed by atoms with van der Waals surface area (Å²) in [6.45, 7) is 1.36. The molecule has 0 aliphatic carbocycles. The van der Waals surface area contributed by atoms with Crippen LogP contribution in [0.4, 0.5) is 23.4 Å². The minimum absolute atomic E-state index is 0.0934. The van der Waals surface area contributed by atoms with Gasteiger partial charge in [-0.15, -0.1) is 0 Å². The molecule has 0 saturated heterocycles. The Labute approximate surface area is 195 Å². The van der Waals surface area contributed by atoms with Gasteiger partial charge >= 0.3 is 6.18 Å². The third kappa shape index (κ3) is 5.13. The van der Waals surface area contributed by atoms with E-state index in [2.05, 4.69) is 25.9 Å². The summed E-state index contributed by atoms with van der Waals surface area (Å²) in [5, 5.41) is 7.60. The van der Waals surface area contributed by atoms with Crippen molar-refractivity contribution < 1.29 is 31.9 Å². The van der Waals surface area contributed by atoms with E-state index in [-0.39, 0.29) is 36.5 Å². The summed E-state index contributed by atoms with van der Waals surface area (Å²) in [7, 11) is 0. The number of aromatic nitrogens is 3. The van der Waals surface area contributed by atoms with Gasteiger partial charge in [0.15, 0.2) is 5.82 Å². The van der Waals surface area contributed by atoms with E-state index in [0.29, 0.717) is 17.7 Å². The summed E-state index contributed by atoms with van der Waals surface area (Å²) in [5.74, 6) is -3.69. The van der Waals surface area contributed by atoms with Gasteiger partial charge in [0.1, 0.15) is 12.4 Å². The van der Waals surface area contributed by atoms with Crippen LogP contribution in [0.5, 0.6) is 0 Å². The number of imidazole rings is 1. The number of pyridine rings is 1. The zero-order valence-electron chi connectivity index (χ0n) is 18.1. The highest BCUT2D eigenvalue weighted by atomic mass is 19.4. The van der Waals surface area contributed by atoms with Crippen LogP contribution < -0.4 is 16.0 Å². The van der Waals surface area contributed by atoms with E-state index < -0.39 is 46.9 Å². The molecule has 0 bridgehead atoms. The summed E-state index contributed by atoms with van der Waals surface area (Å²) in [5.41, 5.74) is -0.949. The fraction of sp³-hybridized carbons (Fsp3) is 0.227. The molecule has 1 atom stereocenters. The van der Waals surface area contributed by atoms with Gasteiger partial charge in [0.25, 0.3) is 11.8 Å². The van der Waals surface area contributed by atoms with Crippen LogP contribution in [-0.2, 0) is 24.1 Å². The number of fused-ring (bicyclic) bond motifs is 1. The number of halogens is 4. The minimum atomic E-state index is -4.86. The largest absolute Gasteiger partial charge is 0.416 e. The van der Waals surface area contributed by atoms with Crippen molar-refractivity contribution >= 4 is 23.5 Å². The van der Waals surface area contributed by atoms with Crippen molar-refractivity contribution in [2.75, 3.05) is 5.32 Å². The summed E-state index contributed by atoms with van der Waals surface area (Å²) in [6, 6.07) is 4.42. The quantitative estimate of drug-likeness (QED) is 0.476. The zero-order chi connectivity index (χ0) is 25.3. The minimum Gasteiger partial charge on any atom is -0.349 e. The highest BCUT2D eigenvalue weighted by Crippen LogP contribution is 2.31. The van der Waals surface area contributed by atoms with Crippen molar-refractivity contribution in [3.8, 4) is 0 Å². The number of anilines is 1. The first-order chi connectivity index (χ1) is 16.5. The van der Waals surface area contributed by atoms with Crippen LogP contribution in [0.2, 0.25) is 0 Å². The summed E-state index contributed by atoms with van der Waals surface area (Å²) < 4.78 is 54.1. The first-order valence-electron chi connectivity index (χ1n) is 10.3. The Bertz CT molecular complexity index is 1310. The first-order valence-corrected chi connectivity index (χ1v) is 10.3. The Kier molecular flexibility index (Phi) is 6.24. The Balaban J connectivity index is 1.63. The predicted octanol–water partition coefficient (Wildman–Crippen LogP) is 2.81. The van der Waals surface area contributed by atoms with Gasteiger partial charge in [0.2, 0.25) is 11.7 Å². The molecular formula is C22H18F4N6O3. The number of hydrogen-bond acceptors (Lipinski definition) is 5. The van der Waals surface area contributed by atoms with Gasteiger partial charge in [-0.2, -0.15) is 13.2 Å². The van der Waals surface area contributed by atoms with E-state index in [9.17, 15) is 31.9 Å². The van der Waals surface area contributed by atoms with Crippen LogP contribution in [0.25, 0.3) is 0 Å². The lowest BCUT2D eigenvalue weighted by molar-refractivity contribution is -0.137. The maximum absolute atomic E-state index is 13.7. The summed E-state index contributed by atoms with van der Waals surface area (Å²) in [6.07, 6.45) is -1.71. The molecule has 3 N–H and O–H groups in total. The Hall–Kier alpha value is -4.29. The number of hydrogen-bond donors (Lipinski definition) is 3. The second-order valence-corrected chi connectivity index (χ2v) is 7.76. The van der Waals surface area contributed by atoms with Crippen molar-refractivity contribution in [1.29, 1.82) is 0 Å². The normalized spacial score (nSPS) is 14.0. The average molecular weight is 490 g/mol. The van der Waals surface area contributed by atoms with E-state index >= 15 is 0 Å². The van der Waals surface area contributed by atoms with Crippen LogP contribution in [0.1, 0.15) is 50.8 Å². The van der Waals surface area contributed by atoms with Crippen molar-refractivity contribution in [2.24, 2.45) is 0 Å². The SMILES string of the molecule is CC(NC(=O)c1nc(NC(=O)c2cc(F)cc(C(F)(F)F)c2)c2n1CC(=O)NC2)c1cccnc1. The second kappa shape index (κ2) is 9.16. The molecule has 9 nitrogen and oxygen atoms in total. The van der Waals surface area contributed by atoms with Crippen LogP contribution in [0.15, 0.2) is 42.7 Å². The molecule has 0 radical (unpaired) electrons. The predicted molar refractivity (Wildman–Crippen MR) is 114 cm³/mol. The molecule has 0 spiro atoms. The average Bonchev–Trinajstić information content (AvgIpc) is 3.16. The lowest BCUT2D eigenvalue weighted by atomic mass is 10.1. The number of carbonyl (C=O) groups is 3. The Morgan fingerprint density at radius 3 is 2.66 bits per heavy atom. The van der Waals surface area contributed by atoms with E-state index in [1.165, 1.54) is 4.57 Å². The number of alkyl halides is 3. The van der Waals surface area contributed by atoms with Crippen LogP contribution in [0, 0.1) is 5.82 Å². The molecule has 0 fully saturated rings. The zero-order valence-corrected chi connectivity index (χ0v) is 18.1. The topological polar surface area (TPSA) is 118 Å². The van der Waals surface area contributed by atoms with E-state index in [0.717, 1.165) is 0 Å². The molecular weight excluding hydrogens is 472 g/mol. The molecule has 0 saturated carbocycles. The molecule has 1 aliphatic rings. The lowest BCUT2D eigenvalue weighted by Gasteiger charge is -2.19. The highest BCUT2D eigenvalue weighted by molar-refractivity contribution is 6.05. The van der Waals surface area contributed by atoms with E-state index in [4.69, 9.17) is 0 Å². The molecule has 1 unspecified atom stereocenters. The number of carbonyl (C=O) groups excluding carboxylic acids is 3. The van der Waals surface area contributed by atoms with Crippen molar-refractivity contribution in [3.63, 3.8) is 0 Å². The monoisotopic (exact) mass is 490 g/mol. The third-order valence-corrected chi connectivity index (χ3v) is 5.28.